The van der Waals surface area contributed by atoms with E-state index in [1.165, 1.54) is 35.2 Å². The number of benzene rings is 1. The first-order valence-corrected chi connectivity index (χ1v) is 13.1. The van der Waals surface area contributed by atoms with Crippen LogP contribution in [0.2, 0.25) is 0 Å². The molecule has 1 atom stereocenters. The molecule has 1 aromatic carbocycles. The Balaban J connectivity index is 2.35. The number of carbonyl (C=O) groups excluding carboxylic acids is 1. The molecule has 170 valence electrons. The van der Waals surface area contributed by atoms with Crippen LogP contribution in [0.5, 0.6) is 0 Å². The monoisotopic (exact) mass is 487 g/mol. The molecule has 0 spiro atoms. The van der Waals surface area contributed by atoms with E-state index < -0.39 is 26.9 Å². The number of carbonyl (C=O) groups is 1. The van der Waals surface area contributed by atoms with Gasteiger partial charge in [0, 0.05) is 17.9 Å². The van der Waals surface area contributed by atoms with Crippen molar-refractivity contribution in [2.75, 3.05) is 21.6 Å². The van der Waals surface area contributed by atoms with Gasteiger partial charge in [-0.3, -0.25) is 24.5 Å². The van der Waals surface area contributed by atoms with Crippen molar-refractivity contribution in [3.8, 4) is 0 Å². The standard InChI is InChI=1S/C18H25N5O5S3/c1-6-14(16(24)19-17-20-21-18(30-17)29-10-11(2)3)22(31(5,27)28)15-9-13(23(25)26)8-7-12(15)4/h7-9,11,14H,6,10H2,1-5H3,(H,19,20,24)/t14-/m1/s1. The molecule has 0 aliphatic rings. The lowest BCUT2D eigenvalue weighted by Crippen LogP contribution is -2.47. The molecule has 0 saturated heterocycles. The number of hydrogen-bond donors (Lipinski definition) is 1. The molecule has 2 aromatic rings. The first kappa shape index (κ1) is 25.0. The number of non-ortho nitro benzene ring substituents is 1. The molecule has 10 nitrogen and oxygen atoms in total. The van der Waals surface area contributed by atoms with Gasteiger partial charge in [0.25, 0.3) is 5.69 Å². The maximum atomic E-state index is 13.0. The van der Waals surface area contributed by atoms with E-state index in [4.69, 9.17) is 0 Å². The number of nitrogens with zero attached hydrogens (tertiary/aromatic N) is 4. The van der Waals surface area contributed by atoms with E-state index in [1.807, 2.05) is 0 Å². The Hall–Kier alpha value is -2.25. The van der Waals surface area contributed by atoms with Crippen LogP contribution >= 0.6 is 23.1 Å². The Morgan fingerprint density at radius 1 is 1.35 bits per heavy atom. The van der Waals surface area contributed by atoms with Gasteiger partial charge in [0.15, 0.2) is 4.34 Å². The number of aromatic nitrogens is 2. The summed E-state index contributed by atoms with van der Waals surface area (Å²) in [6.45, 7) is 7.46. The second-order valence-electron chi connectivity index (χ2n) is 7.28. The third-order valence-electron chi connectivity index (χ3n) is 4.15. The van der Waals surface area contributed by atoms with Crippen molar-refractivity contribution in [3.63, 3.8) is 0 Å². The highest BCUT2D eigenvalue weighted by Gasteiger charge is 2.33. The van der Waals surface area contributed by atoms with Crippen LogP contribution in [0.15, 0.2) is 22.5 Å². The summed E-state index contributed by atoms with van der Waals surface area (Å²) in [5.41, 5.74) is 0.315. The van der Waals surface area contributed by atoms with Gasteiger partial charge in [-0.05, 0) is 24.8 Å². The molecule has 0 saturated carbocycles. The van der Waals surface area contributed by atoms with Crippen molar-refractivity contribution in [1.82, 2.24) is 10.2 Å². The second-order valence-corrected chi connectivity index (χ2v) is 11.4. The zero-order valence-electron chi connectivity index (χ0n) is 17.9. The normalized spacial score (nSPS) is 12.6. The number of nitro benzene ring substituents is 1. The van der Waals surface area contributed by atoms with Gasteiger partial charge in [0.05, 0.1) is 16.9 Å². The lowest BCUT2D eigenvalue weighted by Gasteiger charge is -2.30. The molecule has 0 aliphatic heterocycles. The number of sulfonamides is 1. The number of aryl methyl sites for hydroxylation is 1. The van der Waals surface area contributed by atoms with Gasteiger partial charge in [-0.15, -0.1) is 10.2 Å². The van der Waals surface area contributed by atoms with Gasteiger partial charge < -0.3 is 0 Å². The lowest BCUT2D eigenvalue weighted by molar-refractivity contribution is -0.384. The molecule has 0 fully saturated rings. The maximum absolute atomic E-state index is 13.0. The van der Waals surface area contributed by atoms with Crippen molar-refractivity contribution in [1.29, 1.82) is 0 Å². The predicted molar refractivity (Wildman–Crippen MR) is 123 cm³/mol. The SMILES string of the molecule is CC[C@H](C(=O)Nc1nnc(SCC(C)C)s1)N(c1cc([N+](=O)[O-])ccc1C)S(C)(=O)=O. The van der Waals surface area contributed by atoms with Crippen molar-refractivity contribution in [3.05, 3.63) is 33.9 Å². The summed E-state index contributed by atoms with van der Waals surface area (Å²) in [5, 5.41) is 22.1. The summed E-state index contributed by atoms with van der Waals surface area (Å²) in [4.78, 5) is 23.6. The van der Waals surface area contributed by atoms with Crippen LogP contribution in [-0.4, -0.2) is 47.5 Å². The second kappa shape index (κ2) is 10.4. The van der Waals surface area contributed by atoms with Crippen LogP contribution in [0.4, 0.5) is 16.5 Å². The maximum Gasteiger partial charge on any atom is 0.271 e. The third kappa shape index (κ3) is 6.61. The Bertz CT molecular complexity index is 1050. The number of hydrogen-bond acceptors (Lipinski definition) is 9. The van der Waals surface area contributed by atoms with Crippen LogP contribution in [0.3, 0.4) is 0 Å². The minimum Gasteiger partial charge on any atom is -0.299 e. The van der Waals surface area contributed by atoms with Crippen LogP contribution in [-0.2, 0) is 14.8 Å². The molecular weight excluding hydrogens is 462 g/mol. The van der Waals surface area contributed by atoms with E-state index in [0.29, 0.717) is 15.8 Å². The van der Waals surface area contributed by atoms with Gasteiger partial charge in [-0.1, -0.05) is 49.9 Å². The Kier molecular flexibility index (Phi) is 8.37. The largest absolute Gasteiger partial charge is 0.299 e. The molecule has 2 rings (SSSR count). The average molecular weight is 488 g/mol. The van der Waals surface area contributed by atoms with Crippen molar-refractivity contribution >= 4 is 55.5 Å². The Morgan fingerprint density at radius 3 is 2.58 bits per heavy atom. The van der Waals surface area contributed by atoms with Crippen molar-refractivity contribution < 1.29 is 18.1 Å². The van der Waals surface area contributed by atoms with E-state index >= 15 is 0 Å². The van der Waals surface area contributed by atoms with Gasteiger partial charge in [-0.2, -0.15) is 0 Å². The fourth-order valence-electron chi connectivity index (χ4n) is 2.73. The van der Waals surface area contributed by atoms with E-state index in [9.17, 15) is 23.3 Å². The van der Waals surface area contributed by atoms with Crippen LogP contribution < -0.4 is 9.62 Å². The molecule has 31 heavy (non-hydrogen) atoms. The molecule has 1 N–H and O–H groups in total. The minimum atomic E-state index is -3.93. The molecule has 13 heteroatoms. The van der Waals surface area contributed by atoms with E-state index in [1.54, 1.807) is 13.8 Å². The summed E-state index contributed by atoms with van der Waals surface area (Å²) in [5.74, 6) is 0.738. The summed E-state index contributed by atoms with van der Waals surface area (Å²) in [6, 6.07) is 2.79. The predicted octanol–water partition coefficient (Wildman–Crippen LogP) is 3.69. The molecule has 1 heterocycles. The zero-order chi connectivity index (χ0) is 23.3. The van der Waals surface area contributed by atoms with Crippen LogP contribution in [0.25, 0.3) is 0 Å². The molecule has 0 bridgehead atoms. The first-order chi connectivity index (χ1) is 14.4. The van der Waals surface area contributed by atoms with Crippen LogP contribution in [0, 0.1) is 23.0 Å². The van der Waals surface area contributed by atoms with Crippen molar-refractivity contribution in [2.24, 2.45) is 5.92 Å². The van der Waals surface area contributed by atoms with Crippen LogP contribution in [0.1, 0.15) is 32.8 Å². The van der Waals surface area contributed by atoms with E-state index in [0.717, 1.165) is 22.4 Å². The lowest BCUT2D eigenvalue weighted by atomic mass is 10.1. The minimum absolute atomic E-state index is 0.0872. The number of anilines is 2. The van der Waals surface area contributed by atoms with Gasteiger partial charge >= 0.3 is 0 Å². The summed E-state index contributed by atoms with van der Waals surface area (Å²) in [6.07, 6.45) is 1.11. The number of nitro groups is 1. The highest BCUT2D eigenvalue weighted by atomic mass is 32.2. The first-order valence-electron chi connectivity index (χ1n) is 9.45. The van der Waals surface area contributed by atoms with Crippen molar-refractivity contribution in [2.45, 2.75) is 44.5 Å². The fraction of sp³-hybridized carbons (Fsp3) is 0.500. The quantitative estimate of drug-likeness (QED) is 0.232. The molecule has 0 aliphatic carbocycles. The smallest absolute Gasteiger partial charge is 0.271 e. The molecule has 1 amide bonds. The summed E-state index contributed by atoms with van der Waals surface area (Å²) >= 11 is 2.73. The van der Waals surface area contributed by atoms with Gasteiger partial charge in [-0.25, -0.2) is 8.42 Å². The number of thioether (sulfide) groups is 1. The molecular formula is C18H25N5O5S3. The number of amides is 1. The average Bonchev–Trinajstić information content (AvgIpc) is 3.11. The Morgan fingerprint density at radius 2 is 2.03 bits per heavy atom. The fourth-order valence-corrected chi connectivity index (χ4v) is 5.72. The molecule has 0 unspecified atom stereocenters. The molecule has 1 aromatic heterocycles. The number of rotatable bonds is 10. The third-order valence-corrected chi connectivity index (χ3v) is 7.71. The highest BCUT2D eigenvalue weighted by molar-refractivity contribution is 8.01. The van der Waals surface area contributed by atoms with Gasteiger partial charge in [0.2, 0.25) is 21.1 Å². The topological polar surface area (TPSA) is 135 Å². The van der Waals surface area contributed by atoms with E-state index in [-0.39, 0.29) is 22.9 Å². The number of nitrogens with one attached hydrogen (secondary N) is 1. The zero-order valence-corrected chi connectivity index (χ0v) is 20.3. The van der Waals surface area contributed by atoms with Gasteiger partial charge in [0.1, 0.15) is 6.04 Å². The molecule has 0 radical (unpaired) electrons. The Labute approximate surface area is 189 Å². The highest BCUT2D eigenvalue weighted by Crippen LogP contribution is 2.31. The van der Waals surface area contributed by atoms with E-state index in [2.05, 4.69) is 29.4 Å². The summed E-state index contributed by atoms with van der Waals surface area (Å²) in [7, 11) is -3.93. The summed E-state index contributed by atoms with van der Waals surface area (Å²) < 4.78 is 26.9.